The molecule has 206 valence electrons. The Bertz CT molecular complexity index is 1710. The summed E-state index contributed by atoms with van der Waals surface area (Å²) in [6, 6.07) is 17.9. The smallest absolute Gasteiger partial charge is 0.241 e. The summed E-state index contributed by atoms with van der Waals surface area (Å²) >= 11 is 6.04. The molecule has 0 saturated heterocycles. The van der Waals surface area contributed by atoms with Crippen LogP contribution in [0, 0.1) is 11.7 Å². The zero-order chi connectivity index (χ0) is 28.0. The summed E-state index contributed by atoms with van der Waals surface area (Å²) in [5.74, 6) is 0.0258. The lowest BCUT2D eigenvalue weighted by Gasteiger charge is -2.25. The SMILES string of the molecule is Cn1ccnc1CN(C(=O)[C@@H]1C[C@@H]1c1cccc(F)c1)c1ccc2c(c1)[C@H](NS(=O)(=O)c1cccc(Cl)c1)CC2. The van der Waals surface area contributed by atoms with Crippen LogP contribution in [0.2, 0.25) is 5.02 Å². The summed E-state index contributed by atoms with van der Waals surface area (Å²) in [6.45, 7) is 0.256. The largest absolute Gasteiger partial charge is 0.337 e. The Morgan fingerprint density at radius 1 is 1.15 bits per heavy atom. The Morgan fingerprint density at radius 2 is 1.98 bits per heavy atom. The van der Waals surface area contributed by atoms with Gasteiger partial charge in [-0.25, -0.2) is 22.5 Å². The lowest BCUT2D eigenvalue weighted by molar-refractivity contribution is -0.120. The fourth-order valence-corrected chi connectivity index (χ4v) is 7.08. The number of hydrogen-bond donors (Lipinski definition) is 1. The third kappa shape index (κ3) is 5.29. The topological polar surface area (TPSA) is 84.3 Å². The van der Waals surface area contributed by atoms with Crippen molar-refractivity contribution in [2.24, 2.45) is 13.0 Å². The minimum Gasteiger partial charge on any atom is -0.337 e. The Hall–Kier alpha value is -3.53. The zero-order valence-corrected chi connectivity index (χ0v) is 23.4. The van der Waals surface area contributed by atoms with Crippen LogP contribution >= 0.6 is 11.6 Å². The van der Waals surface area contributed by atoms with Gasteiger partial charge in [-0.05, 0) is 84.3 Å². The van der Waals surface area contributed by atoms with Crippen molar-refractivity contribution in [3.63, 3.8) is 0 Å². The number of aromatic nitrogens is 2. The molecule has 0 spiro atoms. The number of nitrogens with one attached hydrogen (secondary N) is 1. The van der Waals surface area contributed by atoms with Crippen LogP contribution in [-0.2, 0) is 34.8 Å². The minimum atomic E-state index is -3.81. The molecule has 0 radical (unpaired) electrons. The van der Waals surface area contributed by atoms with E-state index in [0.29, 0.717) is 23.6 Å². The van der Waals surface area contributed by atoms with Gasteiger partial charge in [-0.15, -0.1) is 0 Å². The van der Waals surface area contributed by atoms with Crippen molar-refractivity contribution >= 4 is 33.2 Å². The van der Waals surface area contributed by atoms with E-state index in [4.69, 9.17) is 11.6 Å². The predicted octanol–water partition coefficient (Wildman–Crippen LogP) is 5.52. The second kappa shape index (κ2) is 10.5. The van der Waals surface area contributed by atoms with Gasteiger partial charge < -0.3 is 9.47 Å². The molecule has 1 N–H and O–H groups in total. The number of sulfonamides is 1. The Labute approximate surface area is 237 Å². The summed E-state index contributed by atoms with van der Waals surface area (Å²) < 4.78 is 44.8. The maximum Gasteiger partial charge on any atom is 0.241 e. The summed E-state index contributed by atoms with van der Waals surface area (Å²) in [6.07, 6.45) is 5.49. The molecule has 3 aromatic carbocycles. The summed E-state index contributed by atoms with van der Waals surface area (Å²) in [4.78, 5) is 20.2. The van der Waals surface area contributed by atoms with Crippen molar-refractivity contribution in [3.8, 4) is 0 Å². The van der Waals surface area contributed by atoms with Gasteiger partial charge in [0.1, 0.15) is 11.6 Å². The number of carbonyl (C=O) groups is 1. The van der Waals surface area contributed by atoms with E-state index in [9.17, 15) is 17.6 Å². The van der Waals surface area contributed by atoms with Crippen LogP contribution in [0.15, 0.2) is 84.0 Å². The number of halogens is 2. The normalized spacial score (nSPS) is 19.8. The minimum absolute atomic E-state index is 0.0428. The van der Waals surface area contributed by atoms with Gasteiger partial charge in [0.05, 0.1) is 11.4 Å². The fraction of sp³-hybridized carbons (Fsp3) is 0.267. The van der Waals surface area contributed by atoms with E-state index in [-0.39, 0.29) is 35.0 Å². The first-order valence-electron chi connectivity index (χ1n) is 13.1. The van der Waals surface area contributed by atoms with E-state index in [1.54, 1.807) is 29.3 Å². The lowest BCUT2D eigenvalue weighted by atomic mass is 10.1. The molecule has 7 nitrogen and oxygen atoms in total. The van der Waals surface area contributed by atoms with E-state index >= 15 is 0 Å². The summed E-state index contributed by atoms with van der Waals surface area (Å²) in [7, 11) is -1.93. The molecule has 0 bridgehead atoms. The highest BCUT2D eigenvalue weighted by Gasteiger charge is 2.46. The second-order valence-corrected chi connectivity index (χ2v) is 12.6. The van der Waals surface area contributed by atoms with Crippen LogP contribution in [0.5, 0.6) is 0 Å². The summed E-state index contributed by atoms with van der Waals surface area (Å²) in [5.41, 5.74) is 3.37. The maximum atomic E-state index is 13.9. The van der Waals surface area contributed by atoms with Gasteiger partial charge >= 0.3 is 0 Å². The number of fused-ring (bicyclic) bond motifs is 1. The Kier molecular flexibility index (Phi) is 6.98. The van der Waals surface area contributed by atoms with Crippen LogP contribution in [0.4, 0.5) is 10.1 Å². The van der Waals surface area contributed by atoms with Crippen molar-refractivity contribution in [1.29, 1.82) is 0 Å². The van der Waals surface area contributed by atoms with Crippen LogP contribution < -0.4 is 9.62 Å². The molecule has 1 aromatic heterocycles. The maximum absolute atomic E-state index is 13.9. The highest BCUT2D eigenvalue weighted by Crippen LogP contribution is 2.49. The van der Waals surface area contributed by atoms with Gasteiger partial charge in [0.15, 0.2) is 0 Å². The van der Waals surface area contributed by atoms with Gasteiger partial charge in [-0.3, -0.25) is 4.79 Å². The van der Waals surface area contributed by atoms with E-state index in [0.717, 1.165) is 28.9 Å². The van der Waals surface area contributed by atoms with Crippen LogP contribution in [0.1, 0.15) is 47.3 Å². The highest BCUT2D eigenvalue weighted by molar-refractivity contribution is 7.89. The number of nitrogens with zero attached hydrogens (tertiary/aromatic N) is 3. The number of aryl methyl sites for hydroxylation is 2. The van der Waals surface area contributed by atoms with Crippen LogP contribution in [-0.4, -0.2) is 23.9 Å². The Balaban J connectivity index is 1.30. The first kappa shape index (κ1) is 26.7. The van der Waals surface area contributed by atoms with Crippen molar-refractivity contribution < 1.29 is 17.6 Å². The Morgan fingerprint density at radius 3 is 2.73 bits per heavy atom. The first-order valence-corrected chi connectivity index (χ1v) is 15.0. The van der Waals surface area contributed by atoms with E-state index in [1.807, 2.05) is 42.1 Å². The second-order valence-electron chi connectivity index (χ2n) is 10.4. The molecule has 2 aliphatic carbocycles. The first-order chi connectivity index (χ1) is 19.2. The van der Waals surface area contributed by atoms with Gasteiger partial charge in [-0.2, -0.15) is 0 Å². The molecular weight excluding hydrogens is 551 g/mol. The molecule has 0 aliphatic heterocycles. The average molecular weight is 579 g/mol. The van der Waals surface area contributed by atoms with Gasteiger partial charge in [0.25, 0.3) is 0 Å². The zero-order valence-electron chi connectivity index (χ0n) is 21.8. The molecule has 3 atom stereocenters. The molecule has 2 aliphatic rings. The quantitative estimate of drug-likeness (QED) is 0.299. The number of rotatable bonds is 8. The van der Waals surface area contributed by atoms with E-state index < -0.39 is 16.1 Å². The molecule has 0 unspecified atom stereocenters. The van der Waals surface area contributed by atoms with Crippen molar-refractivity contribution in [1.82, 2.24) is 14.3 Å². The number of anilines is 1. The standard InChI is InChI=1S/C30H28ClFN4O3S/c1-35-13-12-33-29(35)18-36(30(37)27-17-25(27)20-4-2-6-22(32)14-20)23-10-8-19-9-11-28(26(19)16-23)34-40(38,39)24-7-3-5-21(31)15-24/h2-8,10,12-16,25,27-28,34H,9,11,17-18H2,1H3/t25-,27-,28-/m1/s1. The van der Waals surface area contributed by atoms with Crippen molar-refractivity contribution in [2.45, 2.75) is 42.7 Å². The average Bonchev–Trinajstić information content (AvgIpc) is 3.50. The van der Waals surface area contributed by atoms with Crippen molar-refractivity contribution in [2.75, 3.05) is 4.90 Å². The highest BCUT2D eigenvalue weighted by atomic mass is 35.5. The molecule has 1 saturated carbocycles. The van der Waals surface area contributed by atoms with Gasteiger partial charge in [0.2, 0.25) is 15.9 Å². The molecule has 6 rings (SSSR count). The molecule has 40 heavy (non-hydrogen) atoms. The third-order valence-corrected chi connectivity index (χ3v) is 9.50. The number of amides is 1. The molecular formula is C30H28ClFN4O3S. The number of hydrogen-bond acceptors (Lipinski definition) is 4. The van der Waals surface area contributed by atoms with E-state index in [1.165, 1.54) is 24.3 Å². The van der Waals surface area contributed by atoms with Gasteiger partial charge in [-0.1, -0.05) is 35.9 Å². The number of benzene rings is 3. The molecule has 1 fully saturated rings. The monoisotopic (exact) mass is 578 g/mol. The molecule has 1 heterocycles. The molecule has 4 aromatic rings. The van der Waals surface area contributed by atoms with E-state index in [2.05, 4.69) is 9.71 Å². The van der Waals surface area contributed by atoms with Crippen molar-refractivity contribution in [3.05, 3.63) is 112 Å². The molecule has 10 heteroatoms. The lowest BCUT2D eigenvalue weighted by Crippen LogP contribution is -2.33. The van der Waals surface area contributed by atoms with Crippen LogP contribution in [0.25, 0.3) is 0 Å². The third-order valence-electron chi connectivity index (χ3n) is 7.79. The fourth-order valence-electron chi connectivity index (χ4n) is 5.53. The molecule has 1 amide bonds. The van der Waals surface area contributed by atoms with Gasteiger partial charge in [0, 0.05) is 42.1 Å². The number of imidazole rings is 1. The number of carbonyl (C=O) groups excluding carboxylic acids is 1. The van der Waals surface area contributed by atoms with Crippen LogP contribution in [0.3, 0.4) is 0 Å². The predicted molar refractivity (Wildman–Crippen MR) is 151 cm³/mol. The summed E-state index contributed by atoms with van der Waals surface area (Å²) in [5, 5.41) is 0.344.